The third-order valence-electron chi connectivity index (χ3n) is 11.4. The van der Waals surface area contributed by atoms with E-state index in [9.17, 15) is 10.2 Å². The molecule has 1 aliphatic heterocycles. The van der Waals surface area contributed by atoms with Crippen molar-refractivity contribution in [1.82, 2.24) is 4.90 Å². The highest BCUT2D eigenvalue weighted by molar-refractivity contribution is 5.35. The van der Waals surface area contributed by atoms with Gasteiger partial charge in [-0.1, -0.05) is 6.92 Å². The van der Waals surface area contributed by atoms with Crippen molar-refractivity contribution in [2.45, 2.75) is 68.7 Å². The molecule has 2 unspecified atom stereocenters. The van der Waals surface area contributed by atoms with Gasteiger partial charge in [0.1, 0.15) is 0 Å². The fourth-order valence-corrected chi connectivity index (χ4v) is 11.0. The maximum absolute atomic E-state index is 12.6. The molecule has 6 rings (SSSR count). The summed E-state index contributed by atoms with van der Waals surface area (Å²) in [5.74, 6) is 0.310. The second kappa shape index (κ2) is 7.12. The van der Waals surface area contributed by atoms with Gasteiger partial charge in [0.05, 0.1) is 36.6 Å². The summed E-state index contributed by atoms with van der Waals surface area (Å²) >= 11 is 0. The van der Waals surface area contributed by atoms with Crippen LogP contribution in [0.25, 0.3) is 0 Å². The third kappa shape index (κ3) is 2.19. The number of aliphatic hydroxyl groups excluding tert-OH is 1. The Balaban J connectivity index is 1.63. The molecule has 0 aromatic rings. The summed E-state index contributed by atoms with van der Waals surface area (Å²) in [7, 11) is 7.23. The Morgan fingerprint density at radius 3 is 2.47 bits per heavy atom. The normalized spacial score (nSPS) is 60.1. The zero-order valence-corrected chi connectivity index (χ0v) is 20.2. The molecule has 6 fully saturated rings. The summed E-state index contributed by atoms with van der Waals surface area (Å²) in [6, 6.07) is 0.186. The van der Waals surface area contributed by atoms with E-state index in [1.807, 2.05) is 21.3 Å². The van der Waals surface area contributed by atoms with Crippen LogP contribution in [0.15, 0.2) is 0 Å². The fraction of sp³-hybridized carbons (Fsp3) is 1.00. The number of methoxy groups -OCH3 is 4. The third-order valence-corrected chi connectivity index (χ3v) is 11.4. The number of piperidine rings is 1. The van der Waals surface area contributed by atoms with Crippen LogP contribution in [0.1, 0.15) is 32.6 Å². The van der Waals surface area contributed by atoms with Gasteiger partial charge in [-0.05, 0) is 31.7 Å². The van der Waals surface area contributed by atoms with Crippen molar-refractivity contribution < 1.29 is 29.2 Å². The summed E-state index contributed by atoms with van der Waals surface area (Å²) in [6.45, 7) is 4.86. The van der Waals surface area contributed by atoms with Gasteiger partial charge in [0.2, 0.25) is 0 Å². The van der Waals surface area contributed by atoms with Crippen molar-refractivity contribution >= 4 is 0 Å². The zero-order valence-electron chi connectivity index (χ0n) is 20.2. The number of aliphatic hydroxyl groups is 2. The van der Waals surface area contributed by atoms with Crippen molar-refractivity contribution in [3.8, 4) is 0 Å². The molecular weight excluding hydrogens is 410 g/mol. The lowest BCUT2D eigenvalue weighted by Gasteiger charge is -2.69. The van der Waals surface area contributed by atoms with Crippen LogP contribution in [-0.4, -0.2) is 99.3 Å². The summed E-state index contributed by atoms with van der Waals surface area (Å²) in [6.07, 6.45) is 2.89. The van der Waals surface area contributed by atoms with E-state index in [0.717, 1.165) is 32.4 Å². The molecule has 182 valence electrons. The van der Waals surface area contributed by atoms with Gasteiger partial charge in [0.15, 0.2) is 0 Å². The SMILES string of the molecule is CCN1C[C@]2(COC)CC[C@H](OC)[C@]34C1C([C@H](OC)[C@H]23)[C@@]1(O)C[C@H](OC)[C@H]2C[C@@H]4[C@@H]1[C@H]2O. The van der Waals surface area contributed by atoms with Gasteiger partial charge >= 0.3 is 0 Å². The first-order valence-corrected chi connectivity index (χ1v) is 12.6. The Hall–Kier alpha value is -0.280. The van der Waals surface area contributed by atoms with Gasteiger partial charge in [-0.3, -0.25) is 4.90 Å². The molecule has 1 saturated heterocycles. The number of rotatable bonds is 6. The molecule has 13 atom stereocenters. The maximum atomic E-state index is 12.6. The number of nitrogens with zero attached hydrogens (tertiary/aromatic N) is 1. The van der Waals surface area contributed by atoms with Crippen molar-refractivity contribution in [2.75, 3.05) is 48.1 Å². The summed E-state index contributed by atoms with van der Waals surface area (Å²) in [5.41, 5.74) is -1.18. The molecule has 7 nitrogen and oxygen atoms in total. The minimum absolute atomic E-state index is 0.0234. The molecule has 0 amide bonds. The van der Waals surface area contributed by atoms with Gasteiger partial charge in [-0.2, -0.15) is 0 Å². The Morgan fingerprint density at radius 2 is 1.84 bits per heavy atom. The molecule has 0 radical (unpaired) electrons. The van der Waals surface area contributed by atoms with Crippen molar-refractivity contribution in [3.05, 3.63) is 0 Å². The standard InChI is InChI=1S/C25H41NO6/c1-6-26-11-23(12-29-2)8-7-16(31-4)25-14-9-13-15(30-3)10-24(28,17(14)19(13)27)18(22(25)26)20(32-5)21(23)25/h13-22,27-28H,6-12H2,1-5H3/t13-,14-,15+,16+,17-,18?,19+,20+,21-,22?,23+,24-,25+/m1/s1. The lowest BCUT2D eigenvalue weighted by molar-refractivity contribution is -0.276. The van der Waals surface area contributed by atoms with Gasteiger partial charge in [-0.15, -0.1) is 0 Å². The second-order valence-electron chi connectivity index (χ2n) is 11.8. The number of hydrogen-bond acceptors (Lipinski definition) is 7. The average Bonchev–Trinajstić information content (AvgIpc) is 3.19. The molecule has 7 heteroatoms. The van der Waals surface area contributed by atoms with E-state index in [0.29, 0.717) is 13.0 Å². The van der Waals surface area contributed by atoms with Crippen molar-refractivity contribution in [1.29, 1.82) is 0 Å². The minimum atomic E-state index is -0.999. The molecule has 5 aliphatic carbocycles. The van der Waals surface area contributed by atoms with E-state index in [-0.39, 0.29) is 64.8 Å². The molecule has 5 saturated carbocycles. The number of fused-ring (bicyclic) bond motifs is 2. The highest BCUT2D eigenvalue weighted by atomic mass is 16.5. The topological polar surface area (TPSA) is 80.6 Å². The Labute approximate surface area is 191 Å². The van der Waals surface area contributed by atoms with E-state index in [2.05, 4.69) is 11.8 Å². The zero-order chi connectivity index (χ0) is 22.6. The lowest BCUT2D eigenvalue weighted by atomic mass is 9.43. The van der Waals surface area contributed by atoms with Crippen LogP contribution in [0.5, 0.6) is 0 Å². The van der Waals surface area contributed by atoms with Gasteiger partial charge in [0, 0.05) is 81.9 Å². The predicted molar refractivity (Wildman–Crippen MR) is 117 cm³/mol. The van der Waals surface area contributed by atoms with Crippen LogP contribution < -0.4 is 0 Å². The molecule has 0 aromatic heterocycles. The predicted octanol–water partition coefficient (Wildman–Crippen LogP) is 1.16. The first-order valence-electron chi connectivity index (χ1n) is 12.6. The van der Waals surface area contributed by atoms with Crippen LogP contribution in [0, 0.1) is 40.4 Å². The monoisotopic (exact) mass is 451 g/mol. The molecule has 7 bridgehead atoms. The van der Waals surface area contributed by atoms with E-state index in [1.54, 1.807) is 7.11 Å². The fourth-order valence-electron chi connectivity index (χ4n) is 11.0. The Morgan fingerprint density at radius 1 is 1.06 bits per heavy atom. The largest absolute Gasteiger partial charge is 0.392 e. The molecule has 1 spiro atoms. The van der Waals surface area contributed by atoms with Crippen LogP contribution in [0.4, 0.5) is 0 Å². The highest BCUT2D eigenvalue weighted by Crippen LogP contribution is 2.79. The first kappa shape index (κ1) is 22.2. The van der Waals surface area contributed by atoms with Crippen LogP contribution >= 0.6 is 0 Å². The quantitative estimate of drug-likeness (QED) is 0.627. The summed E-state index contributed by atoms with van der Waals surface area (Å²) in [4.78, 5) is 2.62. The second-order valence-corrected chi connectivity index (χ2v) is 11.8. The molecule has 0 aromatic carbocycles. The van der Waals surface area contributed by atoms with E-state index >= 15 is 0 Å². The van der Waals surface area contributed by atoms with Gasteiger partial charge < -0.3 is 29.2 Å². The Bertz CT molecular complexity index is 767. The van der Waals surface area contributed by atoms with Crippen LogP contribution in [0.3, 0.4) is 0 Å². The van der Waals surface area contributed by atoms with Gasteiger partial charge in [0.25, 0.3) is 0 Å². The number of hydrogen-bond donors (Lipinski definition) is 2. The molecule has 2 N–H and O–H groups in total. The summed E-state index contributed by atoms with van der Waals surface area (Å²) < 4.78 is 24.5. The van der Waals surface area contributed by atoms with E-state index < -0.39 is 11.7 Å². The van der Waals surface area contributed by atoms with Crippen molar-refractivity contribution in [3.63, 3.8) is 0 Å². The average molecular weight is 452 g/mol. The molecule has 1 heterocycles. The molecule has 32 heavy (non-hydrogen) atoms. The highest BCUT2D eigenvalue weighted by Gasteiger charge is 2.86. The molecule has 6 aliphatic rings. The first-order chi connectivity index (χ1) is 15.4. The van der Waals surface area contributed by atoms with Gasteiger partial charge in [-0.25, -0.2) is 0 Å². The number of likely N-dealkylation sites (tertiary alicyclic amines) is 1. The van der Waals surface area contributed by atoms with Crippen molar-refractivity contribution in [2.24, 2.45) is 40.4 Å². The van der Waals surface area contributed by atoms with E-state index in [1.165, 1.54) is 0 Å². The maximum Gasteiger partial charge on any atom is 0.0796 e. The summed E-state index contributed by atoms with van der Waals surface area (Å²) in [5, 5.41) is 24.1. The smallest absolute Gasteiger partial charge is 0.0796 e. The lowest BCUT2D eigenvalue weighted by Crippen LogP contribution is -2.76. The van der Waals surface area contributed by atoms with Crippen LogP contribution in [0.2, 0.25) is 0 Å². The Kier molecular flexibility index (Phi) is 4.94. The van der Waals surface area contributed by atoms with Crippen LogP contribution in [-0.2, 0) is 18.9 Å². The molecular formula is C25H41NO6. The number of ether oxygens (including phenoxy) is 4. The minimum Gasteiger partial charge on any atom is -0.392 e. The van der Waals surface area contributed by atoms with E-state index in [4.69, 9.17) is 18.9 Å².